The van der Waals surface area contributed by atoms with Crippen molar-refractivity contribution in [3.63, 3.8) is 0 Å². The van der Waals surface area contributed by atoms with Gasteiger partial charge in [0.15, 0.2) is 0 Å². The fourth-order valence-electron chi connectivity index (χ4n) is 5.81. The summed E-state index contributed by atoms with van der Waals surface area (Å²) in [6.45, 7) is 1.77. The van der Waals surface area contributed by atoms with E-state index in [1.807, 2.05) is 30.5 Å². The molecule has 0 aliphatic carbocycles. The standard InChI is InChI=1S/C36H29N2O2PSe/c1-2-12-32(31-19-10-11-24-37-31)38(25-26-13-4-3-5-14-26)41(42)39-33-22-20-27-15-6-8-17-29(27)35(33)36-30-18-9-7-16-28(30)21-23-34(36)40-41/h2-11,13-24,32H,1,12,25H2. The molecular formula is C36H29N2O2PSe. The van der Waals surface area contributed by atoms with Crippen LogP contribution in [0.25, 0.3) is 32.7 Å². The van der Waals surface area contributed by atoms with E-state index in [0.29, 0.717) is 13.0 Å². The van der Waals surface area contributed by atoms with Gasteiger partial charge in [-0.05, 0) is 0 Å². The third-order valence-corrected chi connectivity index (χ3v) is 11.9. The molecule has 7 rings (SSSR count). The van der Waals surface area contributed by atoms with E-state index in [1.165, 1.54) is 0 Å². The van der Waals surface area contributed by atoms with E-state index in [2.05, 4.69) is 130 Å². The van der Waals surface area contributed by atoms with Crippen molar-refractivity contribution in [2.75, 3.05) is 0 Å². The summed E-state index contributed by atoms with van der Waals surface area (Å²) < 4.78 is 16.7. The third kappa shape index (κ3) is 4.89. The van der Waals surface area contributed by atoms with Gasteiger partial charge in [0, 0.05) is 0 Å². The Morgan fingerprint density at radius 3 is 1.86 bits per heavy atom. The third-order valence-electron chi connectivity index (χ3n) is 7.74. The first-order valence-corrected chi connectivity index (χ1v) is 17.8. The second-order valence-corrected chi connectivity index (χ2v) is 15.1. The average Bonchev–Trinajstić information content (AvgIpc) is 3.18. The van der Waals surface area contributed by atoms with E-state index in [0.717, 1.165) is 55.4 Å². The molecule has 2 heterocycles. The monoisotopic (exact) mass is 632 g/mol. The number of rotatable bonds is 7. The zero-order valence-electron chi connectivity index (χ0n) is 23.0. The minimum absolute atomic E-state index is 0.135. The van der Waals surface area contributed by atoms with Crippen molar-refractivity contribution in [3.05, 3.63) is 151 Å². The van der Waals surface area contributed by atoms with Crippen LogP contribution < -0.4 is 9.05 Å². The zero-order valence-corrected chi connectivity index (χ0v) is 25.6. The Hall–Kier alpha value is -3.98. The summed E-state index contributed by atoms with van der Waals surface area (Å²) >= 11 is 3.47. The summed E-state index contributed by atoms with van der Waals surface area (Å²) in [4.78, 5) is 4.78. The van der Waals surface area contributed by atoms with E-state index < -0.39 is 6.56 Å². The molecule has 0 fully saturated rings. The summed E-state index contributed by atoms with van der Waals surface area (Å²) in [6.07, 6.45) is 4.47. The van der Waals surface area contributed by atoms with Gasteiger partial charge in [-0.25, -0.2) is 0 Å². The van der Waals surface area contributed by atoms with Crippen LogP contribution in [0.15, 0.2) is 140 Å². The average molecular weight is 632 g/mol. The van der Waals surface area contributed by atoms with Crippen LogP contribution >= 0.6 is 6.56 Å². The van der Waals surface area contributed by atoms with Gasteiger partial charge >= 0.3 is 255 Å². The van der Waals surface area contributed by atoms with E-state index in [-0.39, 0.29) is 6.04 Å². The van der Waals surface area contributed by atoms with Crippen molar-refractivity contribution < 1.29 is 9.05 Å². The van der Waals surface area contributed by atoms with Gasteiger partial charge in [0.05, 0.1) is 0 Å². The molecule has 0 N–H and O–H groups in total. The molecule has 0 bridgehead atoms. The molecule has 1 atom stereocenters. The van der Waals surface area contributed by atoms with Crippen molar-refractivity contribution in [2.24, 2.45) is 0 Å². The Labute approximate surface area is 254 Å². The summed E-state index contributed by atoms with van der Waals surface area (Å²) in [5.41, 5.74) is 4.20. The minimum atomic E-state index is -2.93. The predicted molar refractivity (Wildman–Crippen MR) is 175 cm³/mol. The van der Waals surface area contributed by atoms with Crippen molar-refractivity contribution in [1.29, 1.82) is 0 Å². The molecule has 6 aromatic rings. The van der Waals surface area contributed by atoms with E-state index in [4.69, 9.17) is 14.0 Å². The van der Waals surface area contributed by atoms with Gasteiger partial charge in [-0.15, -0.1) is 0 Å². The second kappa shape index (κ2) is 11.4. The Kier molecular flexibility index (Phi) is 7.27. The summed E-state index contributed by atoms with van der Waals surface area (Å²) in [5, 5.41) is 4.57. The van der Waals surface area contributed by atoms with Gasteiger partial charge in [-0.1, -0.05) is 0 Å². The predicted octanol–water partition coefficient (Wildman–Crippen LogP) is 9.49. The number of benzene rings is 5. The maximum atomic E-state index is 7.16. The fraction of sp³-hybridized carbons (Fsp3) is 0.0833. The van der Waals surface area contributed by atoms with Crippen molar-refractivity contribution in [1.82, 2.24) is 9.65 Å². The molecule has 42 heavy (non-hydrogen) atoms. The normalized spacial score (nSPS) is 14.3. The van der Waals surface area contributed by atoms with Crippen LogP contribution in [0.1, 0.15) is 23.7 Å². The Bertz CT molecular complexity index is 1810. The van der Waals surface area contributed by atoms with E-state index >= 15 is 0 Å². The van der Waals surface area contributed by atoms with Crippen LogP contribution in [0.4, 0.5) is 0 Å². The molecule has 1 aliphatic heterocycles. The quantitative estimate of drug-likeness (QED) is 0.0999. The number of fused-ring (bicyclic) bond motifs is 7. The van der Waals surface area contributed by atoms with E-state index in [9.17, 15) is 0 Å². The zero-order chi connectivity index (χ0) is 28.5. The number of nitrogens with zero attached hydrogens (tertiary/aromatic N) is 2. The van der Waals surface area contributed by atoms with Gasteiger partial charge in [0.1, 0.15) is 0 Å². The molecule has 0 spiro atoms. The Morgan fingerprint density at radius 2 is 1.29 bits per heavy atom. The summed E-state index contributed by atoms with van der Waals surface area (Å²) in [5.74, 6) is 1.60. The topological polar surface area (TPSA) is 34.6 Å². The molecule has 5 aromatic carbocycles. The first-order chi connectivity index (χ1) is 20.6. The number of hydrogen-bond acceptors (Lipinski definition) is 4. The second-order valence-electron chi connectivity index (χ2n) is 10.3. The summed E-state index contributed by atoms with van der Waals surface area (Å²) in [7, 11) is 0. The first kappa shape index (κ1) is 26.9. The van der Waals surface area contributed by atoms with Crippen LogP contribution in [0, 0.1) is 0 Å². The van der Waals surface area contributed by atoms with Crippen LogP contribution in [-0.2, 0) is 6.54 Å². The van der Waals surface area contributed by atoms with Crippen molar-refractivity contribution in [3.8, 4) is 22.6 Å². The number of aromatic nitrogens is 1. The molecule has 0 amide bonds. The maximum absolute atomic E-state index is 7.16. The van der Waals surface area contributed by atoms with Gasteiger partial charge in [0.2, 0.25) is 0 Å². The number of pyridine rings is 1. The van der Waals surface area contributed by atoms with Crippen LogP contribution in [0.3, 0.4) is 0 Å². The molecule has 0 radical (unpaired) electrons. The number of hydrogen-bond donors (Lipinski definition) is 0. The van der Waals surface area contributed by atoms with Crippen LogP contribution in [0.2, 0.25) is 0 Å². The molecule has 6 heteroatoms. The van der Waals surface area contributed by atoms with Gasteiger partial charge in [0.25, 0.3) is 0 Å². The molecular weight excluding hydrogens is 602 g/mol. The van der Waals surface area contributed by atoms with Gasteiger partial charge in [-0.3, -0.25) is 0 Å². The van der Waals surface area contributed by atoms with E-state index in [1.54, 1.807) is 0 Å². The molecule has 1 aromatic heterocycles. The molecule has 0 saturated carbocycles. The molecule has 1 aliphatic rings. The molecule has 206 valence electrons. The molecule has 1 unspecified atom stereocenters. The van der Waals surface area contributed by atoms with Crippen molar-refractivity contribution in [2.45, 2.75) is 19.0 Å². The van der Waals surface area contributed by atoms with Crippen LogP contribution in [0.5, 0.6) is 11.5 Å². The summed E-state index contributed by atoms with van der Waals surface area (Å²) in [6, 6.07) is 41.8. The molecule has 0 saturated heterocycles. The SMILES string of the molecule is C=CCC(c1ccccn1)N(Cc1ccccc1)[P+]1([Se-])Oc2ccc3ccccc3c2-c2c(ccc3ccccc23)O1. The first-order valence-electron chi connectivity index (χ1n) is 14.0. The Balaban J connectivity index is 1.48. The molecule has 4 nitrogen and oxygen atoms in total. The fourth-order valence-corrected chi connectivity index (χ4v) is 9.84. The van der Waals surface area contributed by atoms with Crippen molar-refractivity contribution >= 4 is 43.7 Å². The Morgan fingerprint density at radius 1 is 0.714 bits per heavy atom. The van der Waals surface area contributed by atoms with Gasteiger partial charge < -0.3 is 0 Å². The van der Waals surface area contributed by atoms with Crippen LogP contribution in [-0.4, -0.2) is 25.2 Å². The van der Waals surface area contributed by atoms with Gasteiger partial charge in [-0.2, -0.15) is 0 Å².